The van der Waals surface area contributed by atoms with Gasteiger partial charge in [0.05, 0.1) is 0 Å². The molecule has 0 aliphatic carbocycles. The molecule has 3 atom stereocenters. The van der Waals surface area contributed by atoms with Crippen LogP contribution in [-0.2, 0) is 0 Å². The van der Waals surface area contributed by atoms with Crippen LogP contribution < -0.4 is 5.32 Å². The molecule has 0 amide bonds. The molecular weight excluding hydrogens is 242 g/mol. The highest BCUT2D eigenvalue weighted by Crippen LogP contribution is 2.22. The van der Waals surface area contributed by atoms with Crippen LogP contribution in [-0.4, -0.2) is 6.04 Å². The Kier molecular flexibility index (Phi) is 6.73. The summed E-state index contributed by atoms with van der Waals surface area (Å²) in [5.74, 6) is 0.705. The van der Waals surface area contributed by atoms with E-state index >= 15 is 0 Å². The average Bonchev–Trinajstić information content (AvgIpc) is 2.38. The molecule has 0 saturated carbocycles. The van der Waals surface area contributed by atoms with E-state index in [4.69, 9.17) is 11.6 Å². The second-order valence-electron chi connectivity index (χ2n) is 5.23. The Hall–Kier alpha value is -0.530. The number of nitrogens with one attached hydrogen (secondary N) is 1. The Labute approximate surface area is 117 Å². The standard InChI is InChI=1S/C16H26ClN/c1-5-7-16(18-13(4)12(3)6-2)14-8-10-15(17)11-9-14/h8-13,16,18H,5-7H2,1-4H3. The summed E-state index contributed by atoms with van der Waals surface area (Å²) in [6.45, 7) is 9.08. The molecule has 0 fully saturated rings. The fourth-order valence-corrected chi connectivity index (χ4v) is 2.29. The van der Waals surface area contributed by atoms with E-state index in [9.17, 15) is 0 Å². The van der Waals surface area contributed by atoms with Crippen LogP contribution in [0.5, 0.6) is 0 Å². The second-order valence-corrected chi connectivity index (χ2v) is 5.67. The number of hydrogen-bond acceptors (Lipinski definition) is 1. The molecule has 1 aromatic rings. The number of rotatable bonds is 7. The summed E-state index contributed by atoms with van der Waals surface area (Å²) in [6.07, 6.45) is 3.57. The van der Waals surface area contributed by atoms with Crippen molar-refractivity contribution in [2.45, 2.75) is 59.0 Å². The van der Waals surface area contributed by atoms with E-state index in [1.54, 1.807) is 0 Å². The van der Waals surface area contributed by atoms with E-state index < -0.39 is 0 Å². The Balaban J connectivity index is 2.73. The van der Waals surface area contributed by atoms with Crippen molar-refractivity contribution in [1.29, 1.82) is 0 Å². The molecule has 0 aliphatic heterocycles. The van der Waals surface area contributed by atoms with Gasteiger partial charge in [-0.3, -0.25) is 0 Å². The third-order valence-electron chi connectivity index (χ3n) is 3.81. The largest absolute Gasteiger partial charge is 0.307 e. The molecule has 0 saturated heterocycles. The van der Waals surface area contributed by atoms with E-state index in [1.165, 1.54) is 24.8 Å². The normalized spacial score (nSPS) is 16.3. The lowest BCUT2D eigenvalue weighted by molar-refractivity contribution is 0.340. The lowest BCUT2D eigenvalue weighted by Crippen LogP contribution is -2.35. The molecule has 18 heavy (non-hydrogen) atoms. The zero-order valence-corrected chi connectivity index (χ0v) is 12.8. The smallest absolute Gasteiger partial charge is 0.0406 e. The van der Waals surface area contributed by atoms with Crippen molar-refractivity contribution in [3.8, 4) is 0 Å². The molecule has 1 N–H and O–H groups in total. The van der Waals surface area contributed by atoms with Crippen LogP contribution in [0.25, 0.3) is 0 Å². The van der Waals surface area contributed by atoms with E-state index in [0.717, 1.165) is 5.02 Å². The van der Waals surface area contributed by atoms with Crippen molar-refractivity contribution in [1.82, 2.24) is 5.32 Å². The van der Waals surface area contributed by atoms with Crippen LogP contribution >= 0.6 is 11.6 Å². The maximum absolute atomic E-state index is 5.95. The highest BCUT2D eigenvalue weighted by Gasteiger charge is 2.16. The molecule has 0 aromatic heterocycles. The van der Waals surface area contributed by atoms with Crippen molar-refractivity contribution in [2.24, 2.45) is 5.92 Å². The van der Waals surface area contributed by atoms with Crippen LogP contribution in [0.4, 0.5) is 0 Å². The first-order chi connectivity index (χ1) is 8.58. The van der Waals surface area contributed by atoms with Gasteiger partial charge in [0, 0.05) is 17.1 Å². The molecule has 0 bridgehead atoms. The zero-order valence-electron chi connectivity index (χ0n) is 12.0. The highest BCUT2D eigenvalue weighted by atomic mass is 35.5. The fraction of sp³-hybridized carbons (Fsp3) is 0.625. The van der Waals surface area contributed by atoms with E-state index in [-0.39, 0.29) is 0 Å². The van der Waals surface area contributed by atoms with Gasteiger partial charge in [0.2, 0.25) is 0 Å². The average molecular weight is 268 g/mol. The third-order valence-corrected chi connectivity index (χ3v) is 4.06. The van der Waals surface area contributed by atoms with Gasteiger partial charge < -0.3 is 5.32 Å². The van der Waals surface area contributed by atoms with Crippen LogP contribution in [0.1, 0.15) is 58.6 Å². The first-order valence-electron chi connectivity index (χ1n) is 7.10. The summed E-state index contributed by atoms with van der Waals surface area (Å²) in [4.78, 5) is 0. The molecule has 1 rings (SSSR count). The third kappa shape index (κ3) is 4.62. The Morgan fingerprint density at radius 2 is 1.72 bits per heavy atom. The zero-order chi connectivity index (χ0) is 13.5. The maximum Gasteiger partial charge on any atom is 0.0406 e. The van der Waals surface area contributed by atoms with Gasteiger partial charge in [0.1, 0.15) is 0 Å². The number of hydrogen-bond donors (Lipinski definition) is 1. The second kappa shape index (κ2) is 7.81. The fourth-order valence-electron chi connectivity index (χ4n) is 2.17. The van der Waals surface area contributed by atoms with Gasteiger partial charge in [0.15, 0.2) is 0 Å². The van der Waals surface area contributed by atoms with Crippen molar-refractivity contribution < 1.29 is 0 Å². The highest BCUT2D eigenvalue weighted by molar-refractivity contribution is 6.30. The summed E-state index contributed by atoms with van der Waals surface area (Å²) in [7, 11) is 0. The van der Waals surface area contributed by atoms with Crippen molar-refractivity contribution in [3.05, 3.63) is 34.9 Å². The molecule has 1 aromatic carbocycles. The monoisotopic (exact) mass is 267 g/mol. The van der Waals surface area contributed by atoms with E-state index in [0.29, 0.717) is 18.0 Å². The molecule has 0 aliphatic rings. The number of halogens is 1. The Morgan fingerprint density at radius 3 is 2.22 bits per heavy atom. The number of benzene rings is 1. The Morgan fingerprint density at radius 1 is 1.11 bits per heavy atom. The van der Waals surface area contributed by atoms with Crippen LogP contribution in [0.15, 0.2) is 24.3 Å². The van der Waals surface area contributed by atoms with Gasteiger partial charge >= 0.3 is 0 Å². The predicted octanol–water partition coefficient (Wildman–Crippen LogP) is 5.21. The molecule has 102 valence electrons. The van der Waals surface area contributed by atoms with Crippen molar-refractivity contribution in [3.63, 3.8) is 0 Å². The van der Waals surface area contributed by atoms with Crippen LogP contribution in [0.2, 0.25) is 5.02 Å². The minimum Gasteiger partial charge on any atom is -0.307 e. The molecule has 1 nitrogen and oxygen atoms in total. The van der Waals surface area contributed by atoms with Gasteiger partial charge in [-0.15, -0.1) is 0 Å². The van der Waals surface area contributed by atoms with Gasteiger partial charge in [-0.05, 0) is 37.0 Å². The van der Waals surface area contributed by atoms with E-state index in [2.05, 4.69) is 45.1 Å². The lowest BCUT2D eigenvalue weighted by atomic mass is 9.96. The van der Waals surface area contributed by atoms with Gasteiger partial charge in [0.25, 0.3) is 0 Å². The lowest BCUT2D eigenvalue weighted by Gasteiger charge is -2.27. The first kappa shape index (κ1) is 15.5. The summed E-state index contributed by atoms with van der Waals surface area (Å²) in [5, 5.41) is 4.57. The van der Waals surface area contributed by atoms with Crippen molar-refractivity contribution in [2.75, 3.05) is 0 Å². The summed E-state index contributed by atoms with van der Waals surface area (Å²) < 4.78 is 0. The minimum absolute atomic E-state index is 0.441. The molecule has 0 heterocycles. The van der Waals surface area contributed by atoms with E-state index in [1.807, 2.05) is 12.1 Å². The maximum atomic E-state index is 5.95. The van der Waals surface area contributed by atoms with Crippen LogP contribution in [0, 0.1) is 5.92 Å². The van der Waals surface area contributed by atoms with Crippen LogP contribution in [0.3, 0.4) is 0 Å². The predicted molar refractivity (Wildman–Crippen MR) is 81.2 cm³/mol. The van der Waals surface area contributed by atoms with Gasteiger partial charge in [-0.1, -0.05) is 57.3 Å². The quantitative estimate of drug-likeness (QED) is 0.715. The van der Waals surface area contributed by atoms with Crippen molar-refractivity contribution >= 4 is 11.6 Å². The SMILES string of the molecule is CCCC(NC(C)C(C)CC)c1ccc(Cl)cc1. The minimum atomic E-state index is 0.441. The first-order valence-corrected chi connectivity index (χ1v) is 7.47. The molecule has 2 heteroatoms. The summed E-state index contributed by atoms with van der Waals surface area (Å²) >= 11 is 5.95. The summed E-state index contributed by atoms with van der Waals surface area (Å²) in [5.41, 5.74) is 1.34. The Bertz CT molecular complexity index is 333. The summed E-state index contributed by atoms with van der Waals surface area (Å²) in [6, 6.07) is 9.22. The molecule has 0 radical (unpaired) electrons. The van der Waals surface area contributed by atoms with Gasteiger partial charge in [-0.25, -0.2) is 0 Å². The molecule has 3 unspecified atom stereocenters. The topological polar surface area (TPSA) is 12.0 Å². The van der Waals surface area contributed by atoms with Gasteiger partial charge in [-0.2, -0.15) is 0 Å². The molecular formula is C16H26ClN. The molecule has 0 spiro atoms.